The normalized spacial score (nSPS) is 10.6. The van der Waals surface area contributed by atoms with E-state index < -0.39 is 5.82 Å². The Morgan fingerprint density at radius 1 is 1.30 bits per heavy atom. The third kappa shape index (κ3) is 6.88. The van der Waals surface area contributed by atoms with E-state index in [1.807, 2.05) is 22.8 Å². The first-order valence-corrected chi connectivity index (χ1v) is 9.20. The van der Waals surface area contributed by atoms with E-state index in [1.165, 1.54) is 30.4 Å². The van der Waals surface area contributed by atoms with Crippen molar-refractivity contribution in [3.8, 4) is 5.75 Å². The monoisotopic (exact) mass is 451 g/mol. The summed E-state index contributed by atoms with van der Waals surface area (Å²) in [5, 5.41) is 12.1. The fourth-order valence-electron chi connectivity index (χ4n) is 2.59. The van der Waals surface area contributed by atoms with Gasteiger partial charge in [0, 0.05) is 23.8 Å². The maximum atomic E-state index is 13.6. The number of aliphatic hydroxyl groups excluding tert-OH is 1. The third-order valence-corrected chi connectivity index (χ3v) is 4.11. The highest BCUT2D eigenvalue weighted by Gasteiger charge is 2.05. The number of anilines is 1. The average Bonchev–Trinajstić information content (AvgIpc) is 3.13. The van der Waals surface area contributed by atoms with Crippen molar-refractivity contribution in [1.82, 2.24) is 9.55 Å². The van der Waals surface area contributed by atoms with Crippen LogP contribution >= 0.6 is 24.0 Å². The molecule has 9 heteroatoms. The summed E-state index contributed by atoms with van der Waals surface area (Å²) in [5.74, 6) is -0.487. The number of aromatic nitrogens is 2. The zero-order chi connectivity index (χ0) is 20.6. The number of nitrogens with zero attached hydrogens (tertiary/aromatic N) is 2. The number of carbonyl (C=O) groups excluding carboxylic acids is 1. The zero-order valence-electron chi connectivity index (χ0n) is 15.8. The predicted molar refractivity (Wildman–Crippen MR) is 117 cm³/mol. The minimum absolute atomic E-state index is 0. The van der Waals surface area contributed by atoms with Gasteiger partial charge in [0.25, 0.3) is 0 Å². The molecule has 2 N–H and O–H groups in total. The van der Waals surface area contributed by atoms with Crippen LogP contribution in [-0.2, 0) is 11.3 Å². The van der Waals surface area contributed by atoms with Gasteiger partial charge in [-0.1, -0.05) is 29.8 Å². The largest absolute Gasteiger partial charge is 0.488 e. The number of halogens is 3. The minimum atomic E-state index is -0.537. The molecular weight excluding hydrogens is 432 g/mol. The van der Waals surface area contributed by atoms with Gasteiger partial charge in [-0.25, -0.2) is 9.37 Å². The molecule has 0 unspecified atom stereocenters. The Morgan fingerprint density at radius 3 is 2.90 bits per heavy atom. The number of hydrogen-bond acceptors (Lipinski definition) is 4. The van der Waals surface area contributed by atoms with E-state index in [2.05, 4.69) is 10.3 Å². The van der Waals surface area contributed by atoms with Crippen molar-refractivity contribution in [1.29, 1.82) is 0 Å². The summed E-state index contributed by atoms with van der Waals surface area (Å²) in [6, 6.07) is 11.7. The number of carbonyl (C=O) groups is 1. The van der Waals surface area contributed by atoms with E-state index in [0.717, 1.165) is 5.56 Å². The van der Waals surface area contributed by atoms with Crippen molar-refractivity contribution < 1.29 is 19.0 Å². The Kier molecular flexibility index (Phi) is 8.86. The molecule has 1 amide bonds. The van der Waals surface area contributed by atoms with Crippen LogP contribution in [0.4, 0.5) is 10.2 Å². The lowest BCUT2D eigenvalue weighted by Crippen LogP contribution is -2.08. The standard InChI is InChI=1S/C21H19ClFN3O3.ClH/c22-17-3-1-2-16(10-17)12-26-13-20(24-14-26)25-21(28)7-5-15-4-6-18(23)19(11-15)29-9-8-27;/h1-7,10-11,13-14,27H,8-9,12H2,(H,25,28);1H/b7-5+;. The van der Waals surface area contributed by atoms with Gasteiger partial charge in [-0.15, -0.1) is 12.4 Å². The molecule has 0 bridgehead atoms. The van der Waals surface area contributed by atoms with Gasteiger partial charge in [0.15, 0.2) is 17.4 Å². The molecule has 30 heavy (non-hydrogen) atoms. The molecule has 0 aliphatic carbocycles. The summed E-state index contributed by atoms with van der Waals surface area (Å²) in [4.78, 5) is 16.3. The van der Waals surface area contributed by atoms with Gasteiger partial charge in [-0.3, -0.25) is 4.79 Å². The number of amides is 1. The molecule has 3 aromatic rings. The van der Waals surface area contributed by atoms with Crippen molar-refractivity contribution in [3.05, 3.63) is 83.0 Å². The highest BCUT2D eigenvalue weighted by Crippen LogP contribution is 2.19. The van der Waals surface area contributed by atoms with Crippen LogP contribution in [0.5, 0.6) is 5.75 Å². The molecule has 0 aliphatic rings. The lowest BCUT2D eigenvalue weighted by atomic mass is 10.2. The molecule has 0 aliphatic heterocycles. The number of hydrogen-bond donors (Lipinski definition) is 2. The van der Waals surface area contributed by atoms with Crippen LogP contribution in [0.3, 0.4) is 0 Å². The number of aliphatic hydroxyl groups is 1. The van der Waals surface area contributed by atoms with E-state index in [-0.39, 0.29) is 37.3 Å². The molecule has 1 aromatic heterocycles. The molecule has 0 saturated heterocycles. The molecule has 0 fully saturated rings. The minimum Gasteiger partial charge on any atom is -0.488 e. The SMILES string of the molecule is Cl.O=C(/C=C/c1ccc(F)c(OCCO)c1)Nc1cn(Cc2cccc(Cl)c2)cn1. The van der Waals surface area contributed by atoms with Crippen LogP contribution in [0, 0.1) is 5.82 Å². The summed E-state index contributed by atoms with van der Waals surface area (Å²) in [6.07, 6.45) is 6.18. The molecule has 0 saturated carbocycles. The van der Waals surface area contributed by atoms with Crippen LogP contribution in [0.1, 0.15) is 11.1 Å². The molecule has 0 radical (unpaired) electrons. The summed E-state index contributed by atoms with van der Waals surface area (Å²) in [6.45, 7) is 0.347. The van der Waals surface area contributed by atoms with Crippen LogP contribution in [0.15, 0.2) is 61.1 Å². The molecule has 3 rings (SSSR count). The summed E-state index contributed by atoms with van der Waals surface area (Å²) in [7, 11) is 0. The molecule has 158 valence electrons. The van der Waals surface area contributed by atoms with E-state index in [0.29, 0.717) is 22.9 Å². The van der Waals surface area contributed by atoms with Crippen molar-refractivity contribution in [2.75, 3.05) is 18.5 Å². The Labute approximate surface area is 184 Å². The van der Waals surface area contributed by atoms with Crippen LogP contribution in [-0.4, -0.2) is 33.8 Å². The number of imidazole rings is 1. The topological polar surface area (TPSA) is 76.4 Å². The van der Waals surface area contributed by atoms with Crippen molar-refractivity contribution in [2.45, 2.75) is 6.54 Å². The van der Waals surface area contributed by atoms with Gasteiger partial charge in [0.2, 0.25) is 5.91 Å². The summed E-state index contributed by atoms with van der Waals surface area (Å²) >= 11 is 5.98. The van der Waals surface area contributed by atoms with Gasteiger partial charge >= 0.3 is 0 Å². The van der Waals surface area contributed by atoms with Crippen molar-refractivity contribution in [2.24, 2.45) is 0 Å². The smallest absolute Gasteiger partial charge is 0.249 e. The molecule has 6 nitrogen and oxygen atoms in total. The first-order chi connectivity index (χ1) is 14.0. The number of benzene rings is 2. The van der Waals surface area contributed by atoms with E-state index in [9.17, 15) is 9.18 Å². The maximum Gasteiger partial charge on any atom is 0.249 e. The molecule has 0 spiro atoms. The second-order valence-corrected chi connectivity index (χ2v) is 6.58. The van der Waals surface area contributed by atoms with E-state index in [4.69, 9.17) is 21.4 Å². The number of ether oxygens (including phenoxy) is 1. The number of nitrogens with one attached hydrogen (secondary N) is 1. The maximum absolute atomic E-state index is 13.6. The molecule has 2 aromatic carbocycles. The van der Waals surface area contributed by atoms with Gasteiger partial charge < -0.3 is 19.7 Å². The fraction of sp³-hybridized carbons (Fsp3) is 0.143. The van der Waals surface area contributed by atoms with Gasteiger partial charge in [0.05, 0.1) is 12.9 Å². The predicted octanol–water partition coefficient (Wildman–Crippen LogP) is 4.17. The van der Waals surface area contributed by atoms with Crippen LogP contribution < -0.4 is 10.1 Å². The lowest BCUT2D eigenvalue weighted by Gasteiger charge is -2.06. The van der Waals surface area contributed by atoms with E-state index >= 15 is 0 Å². The van der Waals surface area contributed by atoms with Gasteiger partial charge in [-0.2, -0.15) is 0 Å². The van der Waals surface area contributed by atoms with Crippen molar-refractivity contribution in [3.63, 3.8) is 0 Å². The first-order valence-electron chi connectivity index (χ1n) is 8.82. The third-order valence-electron chi connectivity index (χ3n) is 3.87. The van der Waals surface area contributed by atoms with E-state index in [1.54, 1.807) is 18.6 Å². The summed E-state index contributed by atoms with van der Waals surface area (Å²) in [5.41, 5.74) is 1.60. The second-order valence-electron chi connectivity index (χ2n) is 6.15. The highest BCUT2D eigenvalue weighted by molar-refractivity contribution is 6.30. The second kappa shape index (κ2) is 11.3. The Hall–Kier alpha value is -2.87. The molecule has 1 heterocycles. The fourth-order valence-corrected chi connectivity index (χ4v) is 2.80. The van der Waals surface area contributed by atoms with Gasteiger partial charge in [-0.05, 0) is 41.5 Å². The van der Waals surface area contributed by atoms with Crippen LogP contribution in [0.25, 0.3) is 6.08 Å². The van der Waals surface area contributed by atoms with Crippen molar-refractivity contribution >= 4 is 41.8 Å². The quantitative estimate of drug-likeness (QED) is 0.503. The zero-order valence-corrected chi connectivity index (χ0v) is 17.4. The summed E-state index contributed by atoms with van der Waals surface area (Å²) < 4.78 is 20.6. The Balaban J connectivity index is 0.00000320. The van der Waals surface area contributed by atoms with Gasteiger partial charge in [0.1, 0.15) is 6.61 Å². The molecular formula is C21H20Cl2FN3O3. The highest BCUT2D eigenvalue weighted by atomic mass is 35.5. The Morgan fingerprint density at radius 2 is 2.13 bits per heavy atom. The average molecular weight is 452 g/mol. The molecule has 0 atom stereocenters. The number of rotatable bonds is 8. The Bertz CT molecular complexity index is 1020. The van der Waals surface area contributed by atoms with Crippen LogP contribution in [0.2, 0.25) is 5.02 Å². The first kappa shape index (κ1) is 23.4. The lowest BCUT2D eigenvalue weighted by molar-refractivity contribution is -0.111.